The lowest BCUT2D eigenvalue weighted by Gasteiger charge is -2.13. The number of tetrazole rings is 1. The minimum atomic E-state index is -0.776. The number of carbonyl (C=O) groups is 1. The molecule has 7 nitrogen and oxygen atoms in total. The summed E-state index contributed by atoms with van der Waals surface area (Å²) in [7, 11) is 0. The van der Waals surface area contributed by atoms with Crippen molar-refractivity contribution in [1.29, 1.82) is 0 Å². The maximum atomic E-state index is 10.4. The van der Waals surface area contributed by atoms with Crippen LogP contribution >= 0.6 is 0 Å². The molecule has 1 fully saturated rings. The van der Waals surface area contributed by atoms with Gasteiger partial charge in [-0.25, -0.2) is 4.68 Å². The number of hydrogen-bond acceptors (Lipinski definition) is 5. The Morgan fingerprint density at radius 1 is 1.28 bits per heavy atom. The fourth-order valence-corrected chi connectivity index (χ4v) is 2.22. The molecule has 1 aliphatic heterocycles. The molecule has 0 saturated carbocycles. The molecule has 0 spiro atoms. The van der Waals surface area contributed by atoms with Crippen molar-refractivity contribution in [1.82, 2.24) is 25.1 Å². The normalized spacial score (nSPS) is 16.2. The van der Waals surface area contributed by atoms with Gasteiger partial charge in [-0.2, -0.15) is 0 Å². The van der Waals surface area contributed by atoms with Crippen molar-refractivity contribution >= 4 is 5.97 Å². The highest BCUT2D eigenvalue weighted by atomic mass is 16.4. The van der Waals surface area contributed by atoms with Crippen LogP contribution in [-0.2, 0) is 17.8 Å². The van der Waals surface area contributed by atoms with Crippen LogP contribution in [0.25, 0.3) is 0 Å². The fourth-order valence-electron chi connectivity index (χ4n) is 2.22. The van der Waals surface area contributed by atoms with E-state index in [9.17, 15) is 4.79 Å². The summed E-state index contributed by atoms with van der Waals surface area (Å²) in [6.45, 7) is 3.90. The summed E-state index contributed by atoms with van der Waals surface area (Å²) >= 11 is 0. The van der Waals surface area contributed by atoms with Gasteiger partial charge >= 0.3 is 5.97 Å². The predicted molar refractivity (Wildman–Crippen MR) is 64.1 cm³/mol. The quantitative estimate of drug-likeness (QED) is 0.746. The van der Waals surface area contributed by atoms with E-state index in [2.05, 4.69) is 20.4 Å². The first-order chi connectivity index (χ1) is 8.75. The molecule has 2 heterocycles. The molecule has 0 aromatic carbocycles. The van der Waals surface area contributed by atoms with Crippen molar-refractivity contribution < 1.29 is 9.90 Å². The van der Waals surface area contributed by atoms with Gasteiger partial charge in [-0.15, -0.1) is 5.10 Å². The Labute approximate surface area is 106 Å². The Kier molecular flexibility index (Phi) is 4.63. The average molecular weight is 253 g/mol. The lowest BCUT2D eigenvalue weighted by Crippen LogP contribution is -2.23. The third-order valence-electron chi connectivity index (χ3n) is 3.22. The minimum Gasteiger partial charge on any atom is -0.481 e. The monoisotopic (exact) mass is 253 g/mol. The van der Waals surface area contributed by atoms with Crippen LogP contribution in [0, 0.1) is 0 Å². The van der Waals surface area contributed by atoms with Crippen LogP contribution in [0.1, 0.15) is 31.5 Å². The largest absolute Gasteiger partial charge is 0.481 e. The number of aliphatic carboxylic acids is 1. The molecule has 1 aromatic heterocycles. The number of carboxylic acids is 1. The van der Waals surface area contributed by atoms with Crippen molar-refractivity contribution in [2.45, 2.75) is 38.6 Å². The van der Waals surface area contributed by atoms with E-state index < -0.39 is 5.97 Å². The van der Waals surface area contributed by atoms with E-state index in [1.165, 1.54) is 25.9 Å². The van der Waals surface area contributed by atoms with E-state index in [0.29, 0.717) is 13.0 Å². The smallest absolute Gasteiger partial charge is 0.303 e. The summed E-state index contributed by atoms with van der Waals surface area (Å²) in [4.78, 5) is 12.9. The molecule has 0 atom stereocenters. The van der Waals surface area contributed by atoms with E-state index in [0.717, 1.165) is 18.8 Å². The van der Waals surface area contributed by atoms with E-state index in [1.54, 1.807) is 4.68 Å². The second-order valence-electron chi connectivity index (χ2n) is 4.61. The van der Waals surface area contributed by atoms with Gasteiger partial charge in [0.15, 0.2) is 5.82 Å². The zero-order valence-electron chi connectivity index (χ0n) is 10.5. The lowest BCUT2D eigenvalue weighted by atomic mass is 10.3. The van der Waals surface area contributed by atoms with Crippen LogP contribution in [-0.4, -0.2) is 55.8 Å². The Morgan fingerprint density at radius 3 is 2.78 bits per heavy atom. The molecule has 1 aromatic rings. The SMILES string of the molecule is O=C(O)CCCn1nnnc1CCN1CCCC1. The van der Waals surface area contributed by atoms with Crippen LogP contribution in [0.2, 0.25) is 0 Å². The molecule has 0 radical (unpaired) electrons. The molecule has 0 unspecified atom stereocenters. The molecule has 100 valence electrons. The fraction of sp³-hybridized carbons (Fsp3) is 0.818. The number of hydrogen-bond donors (Lipinski definition) is 1. The van der Waals surface area contributed by atoms with E-state index >= 15 is 0 Å². The molecule has 1 saturated heterocycles. The van der Waals surface area contributed by atoms with Crippen molar-refractivity contribution in [3.63, 3.8) is 0 Å². The maximum absolute atomic E-state index is 10.4. The zero-order valence-corrected chi connectivity index (χ0v) is 10.5. The Bertz CT molecular complexity index is 387. The van der Waals surface area contributed by atoms with Crippen LogP contribution in [0.3, 0.4) is 0 Å². The summed E-state index contributed by atoms with van der Waals surface area (Å²) in [6.07, 6.45) is 4.12. The van der Waals surface area contributed by atoms with Crippen LogP contribution < -0.4 is 0 Å². The van der Waals surface area contributed by atoms with Crippen LogP contribution in [0.15, 0.2) is 0 Å². The first-order valence-corrected chi connectivity index (χ1v) is 6.45. The van der Waals surface area contributed by atoms with Gasteiger partial charge in [0.2, 0.25) is 0 Å². The second kappa shape index (κ2) is 6.44. The van der Waals surface area contributed by atoms with E-state index in [-0.39, 0.29) is 6.42 Å². The number of aromatic nitrogens is 4. The third-order valence-corrected chi connectivity index (χ3v) is 3.22. The number of nitrogens with zero attached hydrogens (tertiary/aromatic N) is 5. The molecule has 7 heteroatoms. The van der Waals surface area contributed by atoms with Gasteiger partial charge in [0.1, 0.15) is 0 Å². The van der Waals surface area contributed by atoms with Crippen LogP contribution in [0.4, 0.5) is 0 Å². The topological polar surface area (TPSA) is 84.1 Å². The molecule has 1 aliphatic rings. The summed E-state index contributed by atoms with van der Waals surface area (Å²) in [6, 6.07) is 0. The van der Waals surface area contributed by atoms with Crippen molar-refractivity contribution in [3.8, 4) is 0 Å². The highest BCUT2D eigenvalue weighted by molar-refractivity contribution is 5.66. The molecule has 0 bridgehead atoms. The molecule has 18 heavy (non-hydrogen) atoms. The number of aryl methyl sites for hydroxylation is 1. The van der Waals surface area contributed by atoms with Gasteiger partial charge in [0.25, 0.3) is 0 Å². The highest BCUT2D eigenvalue weighted by Gasteiger charge is 2.13. The van der Waals surface area contributed by atoms with Crippen molar-refractivity contribution in [2.24, 2.45) is 0 Å². The number of rotatable bonds is 7. The van der Waals surface area contributed by atoms with Crippen molar-refractivity contribution in [2.75, 3.05) is 19.6 Å². The van der Waals surface area contributed by atoms with Gasteiger partial charge in [-0.3, -0.25) is 4.79 Å². The first kappa shape index (κ1) is 12.9. The Morgan fingerprint density at radius 2 is 2.06 bits per heavy atom. The van der Waals surface area contributed by atoms with Gasteiger partial charge in [0, 0.05) is 25.9 Å². The average Bonchev–Trinajstić information content (AvgIpc) is 2.96. The molecule has 0 amide bonds. The predicted octanol–water partition coefficient (Wildman–Crippen LogP) is 0.176. The molecular formula is C11H19N5O2. The maximum Gasteiger partial charge on any atom is 0.303 e. The molecule has 0 aliphatic carbocycles. The standard InChI is InChI=1S/C11H19N5O2/c17-11(18)4-3-8-16-10(12-13-14-16)5-9-15-6-1-2-7-15/h1-9H2,(H,17,18). The van der Waals surface area contributed by atoms with E-state index in [4.69, 9.17) is 5.11 Å². The van der Waals surface area contributed by atoms with Gasteiger partial charge < -0.3 is 10.0 Å². The summed E-state index contributed by atoms with van der Waals surface area (Å²) in [5.41, 5.74) is 0. The third kappa shape index (κ3) is 3.76. The van der Waals surface area contributed by atoms with Gasteiger partial charge in [-0.1, -0.05) is 0 Å². The van der Waals surface area contributed by atoms with Crippen LogP contribution in [0.5, 0.6) is 0 Å². The minimum absolute atomic E-state index is 0.158. The zero-order chi connectivity index (χ0) is 12.8. The van der Waals surface area contributed by atoms with Crippen molar-refractivity contribution in [3.05, 3.63) is 5.82 Å². The lowest BCUT2D eigenvalue weighted by molar-refractivity contribution is -0.137. The van der Waals surface area contributed by atoms with E-state index in [1.807, 2.05) is 0 Å². The second-order valence-corrected chi connectivity index (χ2v) is 4.61. The Balaban J connectivity index is 1.77. The number of likely N-dealkylation sites (tertiary alicyclic amines) is 1. The first-order valence-electron chi connectivity index (χ1n) is 6.45. The van der Waals surface area contributed by atoms with Gasteiger partial charge in [-0.05, 0) is 42.8 Å². The molecular weight excluding hydrogens is 234 g/mol. The summed E-state index contributed by atoms with van der Waals surface area (Å²) in [5.74, 6) is 0.0778. The highest BCUT2D eigenvalue weighted by Crippen LogP contribution is 2.08. The molecule has 2 rings (SSSR count). The summed E-state index contributed by atoms with van der Waals surface area (Å²) < 4.78 is 1.72. The summed E-state index contributed by atoms with van der Waals surface area (Å²) in [5, 5.41) is 20.2. The van der Waals surface area contributed by atoms with Gasteiger partial charge in [0.05, 0.1) is 0 Å². The molecule has 1 N–H and O–H groups in total. The Hall–Kier alpha value is -1.50. The number of carboxylic acid groups (broad SMARTS) is 1.